The second-order valence-electron chi connectivity index (χ2n) is 32.8. The minimum absolute atomic E-state index is 0. The Morgan fingerprint density at radius 1 is 0.500 bits per heavy atom. The number of rotatable bonds is 9. The molecule has 0 saturated carbocycles. The number of imidazole rings is 3. The van der Waals surface area contributed by atoms with E-state index < -0.39 is 23.7 Å². The number of nitrogens with one attached hydrogen (secondary N) is 2. The Kier molecular flexibility index (Phi) is 26.7. The second-order valence-corrected chi connectivity index (χ2v) is 36.3. The molecule has 0 unspecified atom stereocenters. The van der Waals surface area contributed by atoms with Gasteiger partial charge in [-0.15, -0.1) is 12.6 Å². The van der Waals surface area contributed by atoms with Gasteiger partial charge in [0.15, 0.2) is 16.9 Å². The molecule has 6 aliphatic rings. The fourth-order valence-electron chi connectivity index (χ4n) is 16.7. The summed E-state index contributed by atoms with van der Waals surface area (Å²) in [4.78, 5) is 74.4. The molecule has 18 rings (SSSR count). The van der Waals surface area contributed by atoms with Crippen molar-refractivity contribution in [3.8, 4) is 0 Å². The van der Waals surface area contributed by atoms with E-state index in [9.17, 15) is 22.8 Å². The number of nitrogens with zero attached hydrogens (tertiary/aromatic N) is 12. The number of piperidine rings is 3. The molecule has 2 amide bonds. The highest BCUT2D eigenvalue weighted by molar-refractivity contribution is 9.10. The van der Waals surface area contributed by atoms with Gasteiger partial charge in [0.05, 0.1) is 64.5 Å². The van der Waals surface area contributed by atoms with E-state index >= 15 is 0 Å². The summed E-state index contributed by atoms with van der Waals surface area (Å²) < 4.78 is 67.3. The van der Waals surface area contributed by atoms with E-state index in [4.69, 9.17) is 49.2 Å². The van der Waals surface area contributed by atoms with E-state index in [1.54, 1.807) is 35.9 Å². The third-order valence-corrected chi connectivity index (χ3v) is 25.9. The Hall–Kier alpha value is -9.27. The van der Waals surface area contributed by atoms with Crippen LogP contribution in [-0.2, 0) is 28.5 Å². The number of hydrogen-bond donors (Lipinski definition) is 4. The molecular weight excluding hydrogens is 1630 g/mol. The highest BCUT2D eigenvalue weighted by Crippen LogP contribution is 2.47. The average Bonchev–Trinajstić information content (AvgIpc) is 1.57. The SMILES string of the molecule is C.C[C@@H]1OCC2(CCN(c3ncc(Br)c4nccn34)CC2)[C@@H]1NC(=O)OC(C)(C)C.C[C@@H]1OCC2(CCN(c3ncc(Sc4cccc5ccccc45)c4nccn34)CC2)[C@@H]1N.C[C@@H]1OCC2(CCN(c3ncc(Sc4cccc5ccccc45)c4nccn34)CC2)[C@@H]1NC(=O)OC(C)(C)C.O=CC(F)(F)F.Sc1cccc2ccccc12. The molecule has 4 N–H and O–H groups in total. The monoisotopic (exact) mass is 1730 g/mol. The van der Waals surface area contributed by atoms with Crippen molar-refractivity contribution >= 4 is 138 Å². The molecule has 30 heteroatoms. The maximum absolute atomic E-state index is 12.6. The highest BCUT2D eigenvalue weighted by atomic mass is 79.9. The number of alkyl halides is 3. The van der Waals surface area contributed by atoms with Crippen LogP contribution in [0.15, 0.2) is 212 Å². The van der Waals surface area contributed by atoms with Crippen molar-refractivity contribution in [3.05, 3.63) is 188 Å². The number of aromatic nitrogens is 9. The predicted octanol–water partition coefficient (Wildman–Crippen LogP) is 18.2. The normalized spacial score (nSPS) is 20.7. The maximum atomic E-state index is 12.6. The van der Waals surface area contributed by atoms with Gasteiger partial charge >= 0.3 is 18.4 Å². The minimum Gasteiger partial charge on any atom is -0.444 e. The number of hydrogen-bond acceptors (Lipinski definition) is 21. The fourth-order valence-corrected chi connectivity index (χ4v) is 19.5. The number of carbonyl (C=O) groups excluding carboxylic acids is 3. The standard InChI is InChI=1S/C30H35N5O3S.C25H27N5OS.C20H28BrN5O3.C10H8S.C2HF3O.CH4/c1-20-25(33-28(36)38-29(2,3)4)30(19-37-20)12-15-34(16-13-30)27-32-18-24(26-31-14-17-35(26)27)39-23-11-7-9-21-8-5-6-10-22(21)23;1-17-22(26)25(16-31-17)9-12-29(13-10-25)24-28-15-21(23-27-11-14-30(23)24)32-20-8-4-6-18-5-2-3-7-19(18)20;1-13-15(24-18(27)29-19(2,3)4)20(12-28-13)5-8-25(9-6-20)17-23-11-14(21)16-22-7-10-26(16)17;11-10-7-3-5-8-4-1-2-6-9(8)10;3-2(4,5)1-6;/h5-11,14,17-18,20,25H,12-13,15-16,19H2,1-4H3,(H,33,36);2-8,11,14-15,17,22H,9-10,12-13,16,26H2,1H3;7,10-11,13,15H,5-6,8-9,12H2,1-4H3,(H,24,27);1-7,11H;1H;1H4/t20-,25+;17-,22+;13-,15+;;;/m000.../s1. The van der Waals surface area contributed by atoms with Gasteiger partial charge in [-0.05, 0) is 167 Å². The van der Waals surface area contributed by atoms with Crippen LogP contribution in [0.25, 0.3) is 49.3 Å². The quantitative estimate of drug-likeness (QED) is 0.0774. The summed E-state index contributed by atoms with van der Waals surface area (Å²) in [6, 6.07) is 44.0. The number of thiol groups is 1. The molecule has 0 aliphatic carbocycles. The molecule has 0 radical (unpaired) electrons. The highest BCUT2D eigenvalue weighted by Gasteiger charge is 2.53. The molecule has 118 heavy (non-hydrogen) atoms. The van der Waals surface area contributed by atoms with Gasteiger partial charge in [0.2, 0.25) is 24.1 Å². The number of halogens is 4. The number of ether oxygens (including phenoxy) is 5. The van der Waals surface area contributed by atoms with Crippen molar-refractivity contribution in [2.45, 2.75) is 187 Å². The van der Waals surface area contributed by atoms with Crippen molar-refractivity contribution in [3.63, 3.8) is 0 Å². The number of benzene rings is 6. The van der Waals surface area contributed by atoms with Crippen molar-refractivity contribution in [2.75, 3.05) is 73.8 Å². The predicted molar refractivity (Wildman–Crippen MR) is 465 cm³/mol. The van der Waals surface area contributed by atoms with Crippen molar-refractivity contribution < 1.29 is 51.2 Å². The molecule has 6 atom stereocenters. The van der Waals surface area contributed by atoms with Crippen LogP contribution < -0.4 is 31.1 Å². The molecule has 6 aromatic heterocycles. The molecule has 6 aromatic carbocycles. The van der Waals surface area contributed by atoms with Crippen LogP contribution in [0.2, 0.25) is 0 Å². The molecule has 12 heterocycles. The number of carbonyl (C=O) groups is 3. The second kappa shape index (κ2) is 36.4. The summed E-state index contributed by atoms with van der Waals surface area (Å²) >= 11 is 11.3. The first-order valence-electron chi connectivity index (χ1n) is 39.5. The first-order chi connectivity index (χ1) is 56.0. The summed E-state index contributed by atoms with van der Waals surface area (Å²) in [5.74, 6) is 2.73. The van der Waals surface area contributed by atoms with Crippen LogP contribution in [0.3, 0.4) is 0 Å². The van der Waals surface area contributed by atoms with Crippen LogP contribution in [0.1, 0.15) is 108 Å². The van der Waals surface area contributed by atoms with E-state index in [1.807, 2.05) is 127 Å². The molecule has 6 fully saturated rings. The number of anilines is 3. The van der Waals surface area contributed by atoms with E-state index in [2.05, 4.69) is 188 Å². The van der Waals surface area contributed by atoms with E-state index in [0.717, 1.165) is 138 Å². The third-order valence-electron chi connectivity index (χ3n) is 22.8. The van der Waals surface area contributed by atoms with Crippen molar-refractivity contribution in [1.82, 2.24) is 53.7 Å². The Bertz CT molecular complexity index is 5490. The Morgan fingerprint density at radius 3 is 1.23 bits per heavy atom. The van der Waals surface area contributed by atoms with Gasteiger partial charge in [-0.1, -0.05) is 140 Å². The van der Waals surface area contributed by atoms with Gasteiger partial charge in [-0.25, -0.2) is 39.5 Å². The van der Waals surface area contributed by atoms with Crippen molar-refractivity contribution in [1.29, 1.82) is 0 Å². The van der Waals surface area contributed by atoms with E-state index in [0.29, 0.717) is 13.2 Å². The lowest BCUT2D eigenvalue weighted by molar-refractivity contribution is -0.156. The zero-order valence-electron chi connectivity index (χ0n) is 67.0. The van der Waals surface area contributed by atoms with Gasteiger partial charge in [-0.3, -0.25) is 18.0 Å². The number of amides is 2. The van der Waals surface area contributed by atoms with Crippen LogP contribution in [0.4, 0.5) is 40.6 Å². The van der Waals surface area contributed by atoms with Gasteiger partial charge in [0, 0.05) is 132 Å². The number of alkyl carbamates (subject to hydrolysis) is 2. The zero-order valence-corrected chi connectivity index (χ0v) is 71.1. The van der Waals surface area contributed by atoms with Gasteiger partial charge < -0.3 is 54.8 Å². The first kappa shape index (κ1) is 86.6. The van der Waals surface area contributed by atoms with Gasteiger partial charge in [0.1, 0.15) is 11.2 Å². The van der Waals surface area contributed by atoms with Crippen LogP contribution in [0, 0.1) is 16.2 Å². The van der Waals surface area contributed by atoms with E-state index in [-0.39, 0.29) is 72.3 Å². The average molecular weight is 1730 g/mol. The lowest BCUT2D eigenvalue weighted by Crippen LogP contribution is -2.55. The molecule has 6 saturated heterocycles. The Morgan fingerprint density at radius 2 is 0.839 bits per heavy atom. The summed E-state index contributed by atoms with van der Waals surface area (Å²) in [6.45, 7) is 24.6. The Labute approximate surface area is 708 Å². The minimum atomic E-state index is -4.64. The number of nitrogens with two attached hydrogens (primary N) is 1. The molecule has 3 spiro atoms. The summed E-state index contributed by atoms with van der Waals surface area (Å²) in [7, 11) is 0. The van der Waals surface area contributed by atoms with E-state index in [1.165, 1.54) is 42.1 Å². The summed E-state index contributed by atoms with van der Waals surface area (Å²) in [5, 5.41) is 13.6. The van der Waals surface area contributed by atoms with Gasteiger partial charge in [-0.2, -0.15) is 13.2 Å². The molecule has 12 aromatic rings. The largest absolute Gasteiger partial charge is 0.446 e. The lowest BCUT2D eigenvalue weighted by atomic mass is 9.73. The first-order valence-corrected chi connectivity index (χ1v) is 42.3. The topological polar surface area (TPSA) is 248 Å². The van der Waals surface area contributed by atoms with Crippen LogP contribution >= 0.6 is 52.1 Å². The summed E-state index contributed by atoms with van der Waals surface area (Å²) in [5.41, 5.74) is 8.05. The third kappa shape index (κ3) is 19.4. The maximum Gasteiger partial charge on any atom is 0.446 e. The number of aldehydes is 1. The fraction of sp³-hybridized carbons (Fsp3) is 0.420. The number of fused-ring (bicyclic) bond motifs is 6. The zero-order chi connectivity index (χ0) is 82.6. The van der Waals surface area contributed by atoms with Crippen LogP contribution in [0.5, 0.6) is 0 Å². The molecule has 6 aliphatic heterocycles. The van der Waals surface area contributed by atoms with Crippen LogP contribution in [-0.4, -0.2) is 174 Å². The van der Waals surface area contributed by atoms with Crippen molar-refractivity contribution in [2.24, 2.45) is 22.0 Å². The molecular formula is C88H103BrF3N15O8S3. The molecule has 23 nitrogen and oxygen atoms in total. The Balaban J connectivity index is 0.000000140. The summed E-state index contributed by atoms with van der Waals surface area (Å²) in [6.07, 6.45) is 16.4. The smallest absolute Gasteiger partial charge is 0.444 e. The van der Waals surface area contributed by atoms with Gasteiger partial charge in [0.25, 0.3) is 0 Å². The molecule has 624 valence electrons. The molecule has 0 bridgehead atoms. The lowest BCUT2D eigenvalue weighted by Gasteiger charge is -2.43.